The number of non-ortho nitro benzene ring substituents is 1. The van der Waals surface area contributed by atoms with Crippen molar-refractivity contribution >= 4 is 17.4 Å². The number of hydrogen-bond donors (Lipinski definition) is 0. The van der Waals surface area contributed by atoms with Gasteiger partial charge in [-0.1, -0.05) is 0 Å². The van der Waals surface area contributed by atoms with Crippen LogP contribution < -0.4 is 0 Å². The molecular weight excluding hydrogens is 313 g/mol. The summed E-state index contributed by atoms with van der Waals surface area (Å²) in [6.07, 6.45) is 2.01. The molecule has 1 saturated heterocycles. The zero-order chi connectivity index (χ0) is 15.5. The second-order valence-corrected chi connectivity index (χ2v) is 5.76. The average Bonchev–Trinajstić information content (AvgIpc) is 3.14. The third-order valence-corrected chi connectivity index (χ3v) is 4.25. The average molecular weight is 325 g/mol. The lowest BCUT2D eigenvalue weighted by atomic mass is 10.2. The molecule has 0 saturated carbocycles. The second kappa shape index (κ2) is 6.36. The Bertz CT molecular complexity index is 689. The van der Waals surface area contributed by atoms with Gasteiger partial charge in [0.2, 0.25) is 5.16 Å². The lowest BCUT2D eigenvalue weighted by Gasteiger charge is -2.10. The van der Waals surface area contributed by atoms with Crippen molar-refractivity contribution in [2.75, 3.05) is 6.61 Å². The highest BCUT2D eigenvalue weighted by Gasteiger charge is 2.20. The van der Waals surface area contributed by atoms with E-state index in [1.165, 1.54) is 12.1 Å². The molecule has 1 aromatic carbocycles. The molecule has 1 atom stereocenters. The van der Waals surface area contributed by atoms with Gasteiger partial charge in [-0.05, 0) is 41.1 Å². The highest BCUT2D eigenvalue weighted by Crippen LogP contribution is 2.30. The summed E-state index contributed by atoms with van der Waals surface area (Å²) in [6, 6.07) is 3.49. The first-order valence-corrected chi connectivity index (χ1v) is 7.44. The molecule has 0 radical (unpaired) electrons. The van der Waals surface area contributed by atoms with Crippen molar-refractivity contribution in [1.82, 2.24) is 20.2 Å². The number of tetrazole rings is 1. The van der Waals surface area contributed by atoms with Crippen LogP contribution in [0.4, 0.5) is 10.1 Å². The summed E-state index contributed by atoms with van der Waals surface area (Å²) in [5.41, 5.74) is -0.291. The highest BCUT2D eigenvalue weighted by atomic mass is 32.2. The number of aromatic nitrogens is 4. The van der Waals surface area contributed by atoms with E-state index in [4.69, 9.17) is 4.74 Å². The summed E-state index contributed by atoms with van der Waals surface area (Å²) in [4.78, 5) is 10.2. The van der Waals surface area contributed by atoms with Crippen LogP contribution in [0.1, 0.15) is 12.8 Å². The van der Waals surface area contributed by atoms with Gasteiger partial charge in [-0.15, -0.1) is 5.10 Å². The van der Waals surface area contributed by atoms with Crippen LogP contribution in [0.5, 0.6) is 0 Å². The summed E-state index contributed by atoms with van der Waals surface area (Å²) in [6.45, 7) is 1.23. The quantitative estimate of drug-likeness (QED) is 0.613. The first kappa shape index (κ1) is 14.9. The number of nitro benzene ring substituents is 1. The van der Waals surface area contributed by atoms with Gasteiger partial charge in [-0.25, -0.2) is 9.07 Å². The molecule has 0 spiro atoms. The van der Waals surface area contributed by atoms with Gasteiger partial charge in [-0.2, -0.15) is 0 Å². The third-order valence-electron chi connectivity index (χ3n) is 3.23. The summed E-state index contributed by atoms with van der Waals surface area (Å²) in [5.74, 6) is -0.675. The van der Waals surface area contributed by atoms with E-state index in [9.17, 15) is 14.5 Å². The Morgan fingerprint density at radius 1 is 1.55 bits per heavy atom. The van der Waals surface area contributed by atoms with Gasteiger partial charge in [0.25, 0.3) is 5.69 Å². The molecule has 0 bridgehead atoms. The number of ether oxygens (including phenoxy) is 1. The van der Waals surface area contributed by atoms with Crippen molar-refractivity contribution < 1.29 is 14.1 Å². The Balaban J connectivity index is 1.76. The fourth-order valence-electron chi connectivity index (χ4n) is 2.15. The first-order chi connectivity index (χ1) is 10.6. The molecule has 1 fully saturated rings. The van der Waals surface area contributed by atoms with E-state index in [0.717, 1.165) is 37.3 Å². The van der Waals surface area contributed by atoms with Gasteiger partial charge in [0, 0.05) is 12.7 Å². The van der Waals surface area contributed by atoms with E-state index in [1.54, 1.807) is 4.68 Å². The zero-order valence-corrected chi connectivity index (χ0v) is 12.2. The van der Waals surface area contributed by atoms with E-state index >= 15 is 0 Å². The number of benzene rings is 1. The van der Waals surface area contributed by atoms with Gasteiger partial charge < -0.3 is 4.74 Å². The van der Waals surface area contributed by atoms with Gasteiger partial charge >= 0.3 is 0 Å². The van der Waals surface area contributed by atoms with E-state index < -0.39 is 10.7 Å². The lowest BCUT2D eigenvalue weighted by molar-refractivity contribution is -0.385. The maximum Gasteiger partial charge on any atom is 0.272 e. The Morgan fingerprint density at radius 3 is 3.09 bits per heavy atom. The summed E-state index contributed by atoms with van der Waals surface area (Å²) in [7, 11) is 0. The largest absolute Gasteiger partial charge is 0.376 e. The van der Waals surface area contributed by atoms with E-state index in [0.29, 0.717) is 11.7 Å². The predicted octanol–water partition coefficient (Wildman–Crippen LogP) is 2.05. The van der Waals surface area contributed by atoms with Crippen molar-refractivity contribution in [3.8, 4) is 0 Å². The van der Waals surface area contributed by atoms with E-state index in [2.05, 4.69) is 15.5 Å². The SMILES string of the molecule is O=[N+]([O-])c1ccc(Sc2nnnn2CC2CCCO2)c(F)c1. The summed E-state index contributed by atoms with van der Waals surface area (Å²) in [5, 5.41) is 22.4. The minimum atomic E-state index is -0.675. The van der Waals surface area contributed by atoms with Crippen LogP contribution in [0.2, 0.25) is 0 Å². The molecule has 116 valence electrons. The maximum absolute atomic E-state index is 13.9. The Hall–Kier alpha value is -2.07. The molecule has 2 aromatic rings. The van der Waals surface area contributed by atoms with Crippen LogP contribution in [0.15, 0.2) is 28.3 Å². The molecule has 0 N–H and O–H groups in total. The third kappa shape index (κ3) is 3.22. The molecule has 2 heterocycles. The standard InChI is InChI=1S/C12H12FN5O3S/c13-10-6-8(18(19)20)3-4-11(10)22-12-14-15-16-17(12)7-9-2-1-5-21-9/h3-4,6,9H,1-2,5,7H2. The molecule has 3 rings (SSSR count). The summed E-state index contributed by atoms with van der Waals surface area (Å²) >= 11 is 1.02. The van der Waals surface area contributed by atoms with Gasteiger partial charge in [0.15, 0.2) is 0 Å². The Morgan fingerprint density at radius 2 is 2.41 bits per heavy atom. The Labute approximate surface area is 128 Å². The molecule has 1 aliphatic rings. The molecule has 1 unspecified atom stereocenters. The van der Waals surface area contributed by atoms with Gasteiger partial charge in [0.05, 0.1) is 28.5 Å². The molecule has 8 nitrogen and oxygen atoms in total. The van der Waals surface area contributed by atoms with Crippen molar-refractivity contribution in [3.05, 3.63) is 34.1 Å². The highest BCUT2D eigenvalue weighted by molar-refractivity contribution is 7.99. The van der Waals surface area contributed by atoms with E-state index in [1.807, 2.05) is 0 Å². The molecule has 10 heteroatoms. The number of nitrogens with zero attached hydrogens (tertiary/aromatic N) is 5. The maximum atomic E-state index is 13.9. The fraction of sp³-hybridized carbons (Fsp3) is 0.417. The molecule has 1 aliphatic heterocycles. The van der Waals surface area contributed by atoms with Gasteiger partial charge in [-0.3, -0.25) is 10.1 Å². The minimum Gasteiger partial charge on any atom is -0.376 e. The predicted molar refractivity (Wildman–Crippen MR) is 74.0 cm³/mol. The molecule has 0 aliphatic carbocycles. The van der Waals surface area contributed by atoms with Crippen LogP contribution in [0, 0.1) is 15.9 Å². The molecule has 0 amide bonds. The first-order valence-electron chi connectivity index (χ1n) is 6.63. The van der Waals surface area contributed by atoms with Crippen molar-refractivity contribution in [2.24, 2.45) is 0 Å². The number of rotatable bonds is 5. The molecular formula is C12H12FN5O3S. The fourth-order valence-corrected chi connectivity index (χ4v) is 2.93. The molecule has 1 aromatic heterocycles. The van der Waals surface area contributed by atoms with Crippen LogP contribution in [-0.2, 0) is 11.3 Å². The van der Waals surface area contributed by atoms with Crippen molar-refractivity contribution in [2.45, 2.75) is 35.5 Å². The van der Waals surface area contributed by atoms with E-state index in [-0.39, 0.29) is 16.7 Å². The minimum absolute atomic E-state index is 0.0598. The normalized spacial score (nSPS) is 17.8. The zero-order valence-electron chi connectivity index (χ0n) is 11.4. The molecule has 22 heavy (non-hydrogen) atoms. The van der Waals surface area contributed by atoms with Crippen LogP contribution in [0.3, 0.4) is 0 Å². The van der Waals surface area contributed by atoms with Crippen LogP contribution >= 0.6 is 11.8 Å². The van der Waals surface area contributed by atoms with Crippen LogP contribution in [-0.4, -0.2) is 37.8 Å². The van der Waals surface area contributed by atoms with Crippen molar-refractivity contribution in [3.63, 3.8) is 0 Å². The van der Waals surface area contributed by atoms with Gasteiger partial charge in [0.1, 0.15) is 5.82 Å². The van der Waals surface area contributed by atoms with Crippen LogP contribution in [0.25, 0.3) is 0 Å². The number of halogens is 1. The smallest absolute Gasteiger partial charge is 0.272 e. The number of nitro groups is 1. The van der Waals surface area contributed by atoms with Crippen molar-refractivity contribution in [1.29, 1.82) is 0 Å². The Kier molecular flexibility index (Phi) is 4.29. The monoisotopic (exact) mass is 325 g/mol. The topological polar surface area (TPSA) is 96.0 Å². The number of hydrogen-bond acceptors (Lipinski definition) is 7. The second-order valence-electron chi connectivity index (χ2n) is 4.75. The summed E-state index contributed by atoms with van der Waals surface area (Å²) < 4.78 is 21.0. The lowest BCUT2D eigenvalue weighted by Crippen LogP contribution is -2.16.